The molecule has 1 spiro atoms. The second kappa shape index (κ2) is 6.73. The zero-order valence-electron chi connectivity index (χ0n) is 16.1. The molecule has 1 amide bonds. The van der Waals surface area contributed by atoms with Crippen LogP contribution in [0.25, 0.3) is 0 Å². The minimum atomic E-state index is -0.865. The van der Waals surface area contributed by atoms with Crippen LogP contribution in [-0.4, -0.2) is 45.7 Å². The average Bonchev–Trinajstić information content (AvgIpc) is 3.21. The molecule has 0 bridgehead atoms. The largest absolute Gasteiger partial charge is 0.342 e. The van der Waals surface area contributed by atoms with E-state index in [-0.39, 0.29) is 18.2 Å². The SMILES string of the molecule is Cc1cnc(N2CCC3(CC2)O[C@@H]2CC[C@@H](c4cc(F)cc(F)c4)N2C3=O)nc1. The highest BCUT2D eigenvalue weighted by molar-refractivity contribution is 5.88. The van der Waals surface area contributed by atoms with Crippen molar-refractivity contribution in [3.8, 4) is 0 Å². The number of hydrogen-bond acceptors (Lipinski definition) is 5. The van der Waals surface area contributed by atoms with Crippen molar-refractivity contribution in [1.82, 2.24) is 14.9 Å². The van der Waals surface area contributed by atoms with Gasteiger partial charge >= 0.3 is 0 Å². The van der Waals surface area contributed by atoms with Gasteiger partial charge in [0.1, 0.15) is 17.9 Å². The summed E-state index contributed by atoms with van der Waals surface area (Å²) >= 11 is 0. The first kappa shape index (κ1) is 18.4. The van der Waals surface area contributed by atoms with E-state index in [2.05, 4.69) is 14.9 Å². The lowest BCUT2D eigenvalue weighted by Crippen LogP contribution is -2.50. The third kappa shape index (κ3) is 3.06. The highest BCUT2D eigenvalue weighted by Crippen LogP contribution is 2.47. The van der Waals surface area contributed by atoms with Crippen LogP contribution in [0.1, 0.15) is 42.9 Å². The quantitative estimate of drug-likeness (QED) is 0.775. The van der Waals surface area contributed by atoms with Gasteiger partial charge in [-0.15, -0.1) is 0 Å². The number of ether oxygens (including phenoxy) is 1. The maximum absolute atomic E-state index is 13.7. The van der Waals surface area contributed by atoms with Gasteiger partial charge in [-0.2, -0.15) is 0 Å². The molecule has 0 aliphatic carbocycles. The first-order valence-electron chi connectivity index (χ1n) is 9.95. The Kier molecular flexibility index (Phi) is 4.27. The van der Waals surface area contributed by atoms with Gasteiger partial charge in [-0.3, -0.25) is 4.79 Å². The van der Waals surface area contributed by atoms with E-state index in [1.165, 1.54) is 12.1 Å². The van der Waals surface area contributed by atoms with Crippen LogP contribution in [0, 0.1) is 18.6 Å². The molecule has 2 aromatic rings. The van der Waals surface area contributed by atoms with Crippen molar-refractivity contribution >= 4 is 11.9 Å². The second-order valence-corrected chi connectivity index (χ2v) is 8.12. The fourth-order valence-corrected chi connectivity index (χ4v) is 4.76. The van der Waals surface area contributed by atoms with E-state index >= 15 is 0 Å². The average molecular weight is 400 g/mol. The third-order valence-electron chi connectivity index (χ3n) is 6.21. The summed E-state index contributed by atoms with van der Waals surface area (Å²) in [6.45, 7) is 3.18. The summed E-state index contributed by atoms with van der Waals surface area (Å²) in [4.78, 5) is 25.9. The zero-order chi connectivity index (χ0) is 20.2. The fourth-order valence-electron chi connectivity index (χ4n) is 4.76. The summed E-state index contributed by atoms with van der Waals surface area (Å²) in [5.74, 6) is -0.669. The molecule has 3 fully saturated rings. The van der Waals surface area contributed by atoms with Gasteiger partial charge in [-0.25, -0.2) is 18.7 Å². The number of aryl methyl sites for hydroxylation is 1. The number of piperidine rings is 1. The number of anilines is 1. The van der Waals surface area contributed by atoms with Gasteiger partial charge in [-0.1, -0.05) is 0 Å². The molecule has 3 saturated heterocycles. The Hall–Kier alpha value is -2.61. The number of fused-ring (bicyclic) bond motifs is 1. The molecule has 8 heteroatoms. The third-order valence-corrected chi connectivity index (χ3v) is 6.21. The summed E-state index contributed by atoms with van der Waals surface area (Å²) in [5.41, 5.74) is 0.623. The number of halogens is 2. The Balaban J connectivity index is 1.34. The fraction of sp³-hybridized carbons (Fsp3) is 0.476. The van der Waals surface area contributed by atoms with E-state index in [0.717, 1.165) is 11.6 Å². The normalized spacial score (nSPS) is 25.7. The van der Waals surface area contributed by atoms with E-state index in [9.17, 15) is 13.6 Å². The first-order chi connectivity index (χ1) is 13.9. The lowest BCUT2D eigenvalue weighted by Gasteiger charge is -2.37. The van der Waals surface area contributed by atoms with Crippen LogP contribution in [0.4, 0.5) is 14.7 Å². The molecular formula is C21H22F2N4O2. The van der Waals surface area contributed by atoms with Crippen LogP contribution >= 0.6 is 0 Å². The van der Waals surface area contributed by atoms with Crippen LogP contribution in [0.15, 0.2) is 30.6 Å². The van der Waals surface area contributed by atoms with Crippen LogP contribution in [0.3, 0.4) is 0 Å². The van der Waals surface area contributed by atoms with Gasteiger partial charge in [0.25, 0.3) is 5.91 Å². The van der Waals surface area contributed by atoms with Crippen LogP contribution < -0.4 is 4.90 Å². The smallest absolute Gasteiger partial charge is 0.257 e. The van der Waals surface area contributed by atoms with Gasteiger partial charge < -0.3 is 14.5 Å². The molecule has 5 rings (SSSR count). The Labute approximate surface area is 167 Å². The first-order valence-corrected chi connectivity index (χ1v) is 9.95. The van der Waals surface area contributed by atoms with Crippen LogP contribution in [-0.2, 0) is 9.53 Å². The lowest BCUT2D eigenvalue weighted by atomic mass is 9.89. The van der Waals surface area contributed by atoms with Crippen molar-refractivity contribution in [1.29, 1.82) is 0 Å². The number of nitrogens with zero attached hydrogens (tertiary/aromatic N) is 4. The molecule has 152 valence electrons. The molecular weight excluding hydrogens is 378 g/mol. The van der Waals surface area contributed by atoms with Crippen LogP contribution in [0.2, 0.25) is 0 Å². The summed E-state index contributed by atoms with van der Waals surface area (Å²) in [5, 5.41) is 0. The van der Waals surface area contributed by atoms with Crippen molar-refractivity contribution in [3.63, 3.8) is 0 Å². The Morgan fingerprint density at radius 2 is 1.72 bits per heavy atom. The predicted octanol–water partition coefficient (Wildman–Crippen LogP) is 3.12. The lowest BCUT2D eigenvalue weighted by molar-refractivity contribution is -0.140. The molecule has 0 radical (unpaired) electrons. The van der Waals surface area contributed by atoms with Crippen molar-refractivity contribution in [2.75, 3.05) is 18.0 Å². The van der Waals surface area contributed by atoms with Gasteiger partial charge in [0.05, 0.1) is 6.04 Å². The molecule has 2 atom stereocenters. The molecule has 3 aliphatic heterocycles. The number of aromatic nitrogens is 2. The van der Waals surface area contributed by atoms with Crippen LogP contribution in [0.5, 0.6) is 0 Å². The molecule has 1 aromatic heterocycles. The van der Waals surface area contributed by atoms with Crippen molar-refractivity contribution in [3.05, 3.63) is 53.4 Å². The van der Waals surface area contributed by atoms with E-state index in [1.807, 2.05) is 6.92 Å². The topological polar surface area (TPSA) is 58.6 Å². The predicted molar refractivity (Wildman–Crippen MR) is 101 cm³/mol. The number of carbonyl (C=O) groups excluding carboxylic acids is 1. The standard InChI is InChI=1S/C21H22F2N4O2/c1-13-11-24-20(25-12-13)26-6-4-21(5-7-26)19(28)27-17(2-3-18(27)29-21)14-8-15(22)10-16(23)9-14/h8-12,17-18H,2-7H2,1H3/t17-,18+/m0/s1. The van der Waals surface area contributed by atoms with E-state index < -0.39 is 17.2 Å². The van der Waals surface area contributed by atoms with E-state index in [0.29, 0.717) is 50.3 Å². The maximum Gasteiger partial charge on any atom is 0.257 e. The molecule has 0 saturated carbocycles. The maximum atomic E-state index is 13.7. The summed E-state index contributed by atoms with van der Waals surface area (Å²) in [6, 6.07) is 3.12. The number of benzene rings is 1. The molecule has 0 N–H and O–H groups in total. The van der Waals surface area contributed by atoms with Crippen molar-refractivity contribution in [2.24, 2.45) is 0 Å². The van der Waals surface area contributed by atoms with Gasteiger partial charge in [0.2, 0.25) is 5.95 Å². The molecule has 4 heterocycles. The summed E-state index contributed by atoms with van der Waals surface area (Å²) < 4.78 is 33.7. The summed E-state index contributed by atoms with van der Waals surface area (Å²) in [6.07, 6.45) is 5.62. The van der Waals surface area contributed by atoms with Gasteiger partial charge in [0, 0.05) is 44.4 Å². The second-order valence-electron chi connectivity index (χ2n) is 8.12. The van der Waals surface area contributed by atoms with E-state index in [1.54, 1.807) is 17.3 Å². The monoisotopic (exact) mass is 400 g/mol. The summed E-state index contributed by atoms with van der Waals surface area (Å²) in [7, 11) is 0. The van der Waals surface area contributed by atoms with E-state index in [4.69, 9.17) is 4.74 Å². The minimum absolute atomic E-state index is 0.0702. The Morgan fingerprint density at radius 1 is 1.07 bits per heavy atom. The number of hydrogen-bond donors (Lipinski definition) is 0. The minimum Gasteiger partial charge on any atom is -0.342 e. The zero-order valence-corrected chi connectivity index (χ0v) is 16.1. The number of amides is 1. The Bertz CT molecular complexity index is 924. The van der Waals surface area contributed by atoms with Crippen molar-refractivity contribution in [2.45, 2.75) is 50.5 Å². The molecule has 0 unspecified atom stereocenters. The van der Waals surface area contributed by atoms with Crippen molar-refractivity contribution < 1.29 is 18.3 Å². The molecule has 6 nitrogen and oxygen atoms in total. The van der Waals surface area contributed by atoms with Gasteiger partial charge in [-0.05, 0) is 43.0 Å². The Morgan fingerprint density at radius 3 is 2.38 bits per heavy atom. The molecule has 3 aliphatic rings. The molecule has 29 heavy (non-hydrogen) atoms. The van der Waals surface area contributed by atoms with Gasteiger partial charge in [0.15, 0.2) is 5.60 Å². The highest BCUT2D eigenvalue weighted by atomic mass is 19.1. The number of rotatable bonds is 2. The number of carbonyl (C=O) groups is 1. The highest BCUT2D eigenvalue weighted by Gasteiger charge is 2.58. The molecule has 1 aromatic carbocycles.